The molecule has 0 aliphatic carbocycles. The number of imide groups is 1. The molecule has 0 aromatic heterocycles. The van der Waals surface area contributed by atoms with E-state index < -0.39 is 45.9 Å². The van der Waals surface area contributed by atoms with E-state index in [4.69, 9.17) is 10.8 Å². The third kappa shape index (κ3) is 4.23. The lowest BCUT2D eigenvalue weighted by molar-refractivity contribution is -0.129. The summed E-state index contributed by atoms with van der Waals surface area (Å²) in [6.07, 6.45) is -1.14. The van der Waals surface area contributed by atoms with Crippen LogP contribution in [0.4, 0.5) is 14.9 Å². The summed E-state index contributed by atoms with van der Waals surface area (Å²) in [6.45, 7) is 5.23. The van der Waals surface area contributed by atoms with Gasteiger partial charge in [-0.3, -0.25) is 4.79 Å². The number of anilines is 1. The number of benzene rings is 1. The van der Waals surface area contributed by atoms with Gasteiger partial charge in [-0.25, -0.2) is 14.1 Å². The van der Waals surface area contributed by atoms with Gasteiger partial charge in [0.25, 0.3) is 0 Å². The molecule has 3 atom stereocenters. The van der Waals surface area contributed by atoms with Crippen molar-refractivity contribution >= 4 is 29.0 Å². The second kappa shape index (κ2) is 7.19. The third-order valence-electron chi connectivity index (χ3n) is 4.03. The van der Waals surface area contributed by atoms with Gasteiger partial charge in [-0.15, -0.1) is 4.72 Å². The zero-order chi connectivity index (χ0) is 18.9. The maximum atomic E-state index is 14.4. The molecule has 3 unspecified atom stereocenters. The van der Waals surface area contributed by atoms with Crippen LogP contribution in [0.2, 0.25) is 0 Å². The van der Waals surface area contributed by atoms with Crippen LogP contribution in [0.3, 0.4) is 0 Å². The first kappa shape index (κ1) is 19.5. The quantitative estimate of drug-likeness (QED) is 0.550. The van der Waals surface area contributed by atoms with Crippen molar-refractivity contribution in [2.24, 2.45) is 5.92 Å². The Morgan fingerprint density at radius 1 is 1.52 bits per heavy atom. The van der Waals surface area contributed by atoms with Crippen LogP contribution >= 0.6 is 0 Å². The van der Waals surface area contributed by atoms with E-state index in [-0.39, 0.29) is 18.5 Å². The van der Waals surface area contributed by atoms with Gasteiger partial charge in [-0.1, -0.05) is 0 Å². The van der Waals surface area contributed by atoms with Crippen molar-refractivity contribution in [1.82, 2.24) is 9.62 Å². The molecule has 25 heavy (non-hydrogen) atoms. The topological polar surface area (TPSA) is 119 Å². The fraction of sp³-hybridized carbons (Fsp3) is 0.500. The van der Waals surface area contributed by atoms with Crippen molar-refractivity contribution in [3.05, 3.63) is 29.6 Å². The van der Waals surface area contributed by atoms with E-state index in [1.165, 1.54) is 18.2 Å². The number of carbonyl (C=O) groups is 2. The number of carbonyl (C=O) groups excluding carboxylic acids is 1. The number of hydrogen-bond donors (Lipinski definition) is 3. The molecule has 7 nitrogen and oxygen atoms in total. The van der Waals surface area contributed by atoms with Crippen LogP contribution in [0.15, 0.2) is 18.2 Å². The fourth-order valence-electron chi connectivity index (χ4n) is 2.66. The Morgan fingerprint density at radius 3 is 2.68 bits per heavy atom. The average Bonchev–Trinajstić information content (AvgIpc) is 2.88. The molecular formula is C16H22FN3O4S. The van der Waals surface area contributed by atoms with Crippen LogP contribution in [0.1, 0.15) is 38.8 Å². The van der Waals surface area contributed by atoms with Crippen molar-refractivity contribution in [1.29, 1.82) is 0 Å². The molecule has 1 saturated heterocycles. The maximum Gasteiger partial charge on any atom is 0.414 e. The number of nitrogens with two attached hydrogens (primary N) is 1. The summed E-state index contributed by atoms with van der Waals surface area (Å²) in [5.41, 5.74) is 6.13. The summed E-state index contributed by atoms with van der Waals surface area (Å²) < 4.78 is 29.1. The van der Waals surface area contributed by atoms with Crippen LogP contribution in [0.25, 0.3) is 0 Å². The Balaban J connectivity index is 2.41. The number of rotatable bonds is 4. The summed E-state index contributed by atoms with van der Waals surface area (Å²) in [6, 6.07) is 2.99. The molecule has 1 aliphatic heterocycles. The van der Waals surface area contributed by atoms with E-state index in [0.29, 0.717) is 10.6 Å². The molecule has 1 fully saturated rings. The number of nitrogens with zero attached hydrogens (tertiary/aromatic N) is 1. The molecule has 2 amide bonds. The average molecular weight is 371 g/mol. The first-order chi connectivity index (χ1) is 11.5. The monoisotopic (exact) mass is 371 g/mol. The predicted molar refractivity (Wildman–Crippen MR) is 92.4 cm³/mol. The van der Waals surface area contributed by atoms with Crippen molar-refractivity contribution in [2.75, 3.05) is 12.3 Å². The van der Waals surface area contributed by atoms with Crippen LogP contribution in [0.5, 0.6) is 0 Å². The Bertz CT molecular complexity index is 680. The molecule has 0 radical (unpaired) electrons. The largest absolute Gasteiger partial charge is 0.598 e. The van der Waals surface area contributed by atoms with Crippen molar-refractivity contribution < 1.29 is 23.6 Å². The third-order valence-corrected chi connectivity index (χ3v) is 5.61. The zero-order valence-electron chi connectivity index (χ0n) is 14.3. The fourth-order valence-corrected chi connectivity index (χ4v) is 3.53. The molecule has 1 aromatic rings. The lowest BCUT2D eigenvalue weighted by atomic mass is 9.92. The second-order valence-corrected chi connectivity index (χ2v) is 8.92. The van der Waals surface area contributed by atoms with Crippen molar-refractivity contribution in [3.63, 3.8) is 0 Å². The van der Waals surface area contributed by atoms with Crippen molar-refractivity contribution in [2.45, 2.75) is 38.0 Å². The predicted octanol–water partition coefficient (Wildman–Crippen LogP) is 2.03. The van der Waals surface area contributed by atoms with E-state index in [1.54, 1.807) is 20.8 Å². The van der Waals surface area contributed by atoms with Crippen LogP contribution in [0, 0.1) is 11.7 Å². The Kier molecular flexibility index (Phi) is 5.60. The number of nitrogens with one attached hydrogen (secondary N) is 1. The first-order valence-corrected chi connectivity index (χ1v) is 8.94. The summed E-state index contributed by atoms with van der Waals surface area (Å²) in [5, 5.41) is 9.09. The minimum Gasteiger partial charge on any atom is -0.598 e. The highest BCUT2D eigenvalue weighted by molar-refractivity contribution is 7.90. The zero-order valence-corrected chi connectivity index (χ0v) is 15.1. The molecule has 4 N–H and O–H groups in total. The number of nitrogen functional groups attached to an aromatic ring is 1. The van der Waals surface area contributed by atoms with E-state index in [0.717, 1.165) is 0 Å². The standard InChI is InChI=1S/C16H22FN3O4S/c1-16(2,3)25(24)19-13(11-8-9(18)4-5-12(11)17)10-6-7-20(14(10)21)15(22)23/h4-5,8,10,13,19H,6-7,18H2,1-3H3,(H,22,23). The second-order valence-electron chi connectivity index (χ2n) is 6.93. The normalized spacial score (nSPS) is 20.6. The molecule has 138 valence electrons. The van der Waals surface area contributed by atoms with Crippen LogP contribution in [-0.2, 0) is 16.2 Å². The highest BCUT2D eigenvalue weighted by Gasteiger charge is 2.44. The van der Waals surface area contributed by atoms with Crippen molar-refractivity contribution in [3.8, 4) is 0 Å². The highest BCUT2D eigenvalue weighted by atomic mass is 32.2. The van der Waals surface area contributed by atoms with E-state index >= 15 is 0 Å². The molecule has 0 bridgehead atoms. The van der Waals surface area contributed by atoms with Gasteiger partial charge in [0.2, 0.25) is 5.91 Å². The van der Waals surface area contributed by atoms with Crippen LogP contribution < -0.4 is 10.5 Å². The number of hydrogen-bond acceptors (Lipinski definition) is 5. The smallest absolute Gasteiger partial charge is 0.414 e. The molecule has 1 aromatic carbocycles. The van der Waals surface area contributed by atoms with Crippen LogP contribution in [-0.4, -0.2) is 37.9 Å². The first-order valence-electron chi connectivity index (χ1n) is 7.79. The van der Waals surface area contributed by atoms with Gasteiger partial charge in [0.1, 0.15) is 10.6 Å². The Morgan fingerprint density at radius 2 is 2.16 bits per heavy atom. The lowest BCUT2D eigenvalue weighted by Gasteiger charge is -2.30. The molecule has 9 heteroatoms. The van der Waals surface area contributed by atoms with Gasteiger partial charge in [0.05, 0.1) is 12.0 Å². The van der Waals surface area contributed by atoms with Gasteiger partial charge >= 0.3 is 6.09 Å². The summed E-state index contributed by atoms with van der Waals surface area (Å²) in [4.78, 5) is 24.3. The summed E-state index contributed by atoms with van der Waals surface area (Å²) in [5.74, 6) is -2.09. The SMILES string of the molecule is CC(C)(C)[S+]([O-])NC(c1cc(N)ccc1F)C1CCN(C(=O)O)C1=O. The summed E-state index contributed by atoms with van der Waals surface area (Å²) >= 11 is -1.59. The Labute approximate surface area is 148 Å². The lowest BCUT2D eigenvalue weighted by Crippen LogP contribution is -2.45. The van der Waals surface area contributed by atoms with Gasteiger partial charge < -0.3 is 15.4 Å². The molecule has 1 heterocycles. The highest BCUT2D eigenvalue weighted by Crippen LogP contribution is 2.35. The summed E-state index contributed by atoms with van der Waals surface area (Å²) in [7, 11) is 0. The van der Waals surface area contributed by atoms with E-state index in [2.05, 4.69) is 4.72 Å². The number of likely N-dealkylation sites (tertiary alicyclic amines) is 1. The van der Waals surface area contributed by atoms with Gasteiger partial charge in [0, 0.05) is 29.2 Å². The number of halogens is 1. The van der Waals surface area contributed by atoms with Gasteiger partial charge in [-0.05, 0) is 45.4 Å². The van der Waals surface area contributed by atoms with Gasteiger partial charge in [0.15, 0.2) is 0 Å². The van der Waals surface area contributed by atoms with E-state index in [9.17, 15) is 18.5 Å². The Hall–Kier alpha value is -1.84. The molecule has 0 saturated carbocycles. The minimum atomic E-state index is -1.59. The molecule has 0 spiro atoms. The molecular weight excluding hydrogens is 349 g/mol. The number of amides is 2. The van der Waals surface area contributed by atoms with Gasteiger partial charge in [-0.2, -0.15) is 0 Å². The number of carboxylic acid groups (broad SMARTS) is 1. The molecule has 2 rings (SSSR count). The van der Waals surface area contributed by atoms with E-state index in [1.807, 2.05) is 0 Å². The molecule has 1 aliphatic rings. The minimum absolute atomic E-state index is 0.0170. The maximum absolute atomic E-state index is 14.4.